The van der Waals surface area contributed by atoms with Crippen molar-refractivity contribution >= 4 is 11.7 Å². The first-order chi connectivity index (χ1) is 7.99. The van der Waals surface area contributed by atoms with Gasteiger partial charge in [-0.15, -0.1) is 0 Å². The summed E-state index contributed by atoms with van der Waals surface area (Å²) in [6, 6.07) is 5.61. The second-order valence-corrected chi connectivity index (χ2v) is 3.58. The zero-order chi connectivity index (χ0) is 12.6. The molecule has 0 saturated carbocycles. The smallest absolute Gasteiger partial charge is 0.356 e. The van der Waals surface area contributed by atoms with Crippen LogP contribution < -0.4 is 5.73 Å². The molecule has 1 aromatic heterocycles. The monoisotopic (exact) mass is 235 g/mol. The number of aromatic nitrogens is 2. The van der Waals surface area contributed by atoms with Gasteiger partial charge in [-0.25, -0.2) is 9.18 Å². The van der Waals surface area contributed by atoms with Crippen molar-refractivity contribution in [2.45, 2.75) is 0 Å². The lowest BCUT2D eigenvalue weighted by atomic mass is 10.1. The SMILES string of the molecule is Cn1nc(C(=O)O)cc1-c1ccc(F)c(N)c1. The Morgan fingerprint density at radius 3 is 2.71 bits per heavy atom. The number of nitrogens with zero attached hydrogens (tertiary/aromatic N) is 2. The fraction of sp³-hybridized carbons (Fsp3) is 0.0909. The van der Waals surface area contributed by atoms with Crippen LogP contribution in [0.2, 0.25) is 0 Å². The number of carboxylic acids is 1. The van der Waals surface area contributed by atoms with Gasteiger partial charge in [0.1, 0.15) is 5.82 Å². The fourth-order valence-corrected chi connectivity index (χ4v) is 1.55. The average molecular weight is 235 g/mol. The van der Waals surface area contributed by atoms with E-state index in [0.29, 0.717) is 11.3 Å². The van der Waals surface area contributed by atoms with Crippen LogP contribution in [0, 0.1) is 5.82 Å². The molecular weight excluding hydrogens is 225 g/mol. The van der Waals surface area contributed by atoms with Gasteiger partial charge in [0, 0.05) is 12.6 Å². The van der Waals surface area contributed by atoms with Crippen molar-refractivity contribution in [2.24, 2.45) is 7.05 Å². The van der Waals surface area contributed by atoms with E-state index < -0.39 is 11.8 Å². The predicted octanol–water partition coefficient (Wildman–Crippen LogP) is 1.51. The van der Waals surface area contributed by atoms with Crippen LogP contribution in [0.15, 0.2) is 24.3 Å². The Labute approximate surface area is 96.3 Å². The number of nitrogen functional groups attached to an aromatic ring is 1. The molecule has 2 rings (SSSR count). The van der Waals surface area contributed by atoms with Crippen LogP contribution in [0.5, 0.6) is 0 Å². The largest absolute Gasteiger partial charge is 0.476 e. The zero-order valence-electron chi connectivity index (χ0n) is 9.01. The maximum absolute atomic E-state index is 13.0. The van der Waals surface area contributed by atoms with Crippen LogP contribution in [0.25, 0.3) is 11.3 Å². The summed E-state index contributed by atoms with van der Waals surface area (Å²) in [6.45, 7) is 0. The fourth-order valence-electron chi connectivity index (χ4n) is 1.55. The van der Waals surface area contributed by atoms with Gasteiger partial charge >= 0.3 is 5.97 Å². The summed E-state index contributed by atoms with van der Waals surface area (Å²) in [4.78, 5) is 10.8. The van der Waals surface area contributed by atoms with Crippen LogP contribution >= 0.6 is 0 Å². The predicted molar refractivity (Wildman–Crippen MR) is 60.0 cm³/mol. The number of rotatable bonds is 2. The van der Waals surface area contributed by atoms with Gasteiger partial charge in [0.2, 0.25) is 0 Å². The summed E-state index contributed by atoms with van der Waals surface area (Å²) in [7, 11) is 1.61. The number of nitrogens with two attached hydrogens (primary N) is 1. The average Bonchev–Trinajstić information content (AvgIpc) is 2.65. The molecule has 0 spiro atoms. The minimum Gasteiger partial charge on any atom is -0.476 e. The molecular formula is C11H10FN3O2. The number of benzene rings is 1. The molecule has 5 nitrogen and oxygen atoms in total. The molecule has 2 aromatic rings. The molecule has 0 saturated heterocycles. The Balaban J connectivity index is 2.52. The third kappa shape index (κ3) is 1.96. The lowest BCUT2D eigenvalue weighted by molar-refractivity contribution is 0.0689. The molecule has 0 amide bonds. The lowest BCUT2D eigenvalue weighted by Crippen LogP contribution is -1.99. The first kappa shape index (κ1) is 11.1. The second-order valence-electron chi connectivity index (χ2n) is 3.58. The van der Waals surface area contributed by atoms with Crippen LogP contribution in [-0.2, 0) is 7.05 Å². The summed E-state index contributed by atoms with van der Waals surface area (Å²) in [5, 5.41) is 12.6. The van der Waals surface area contributed by atoms with Gasteiger partial charge in [-0.2, -0.15) is 5.10 Å². The number of carbonyl (C=O) groups is 1. The van der Waals surface area contributed by atoms with E-state index in [1.54, 1.807) is 7.05 Å². The van der Waals surface area contributed by atoms with Crippen molar-refractivity contribution < 1.29 is 14.3 Å². The summed E-state index contributed by atoms with van der Waals surface area (Å²) < 4.78 is 14.4. The Morgan fingerprint density at radius 1 is 1.47 bits per heavy atom. The second kappa shape index (κ2) is 3.89. The van der Waals surface area contributed by atoms with Gasteiger partial charge in [0.05, 0.1) is 11.4 Å². The highest BCUT2D eigenvalue weighted by Crippen LogP contribution is 2.23. The lowest BCUT2D eigenvalue weighted by Gasteiger charge is -2.03. The van der Waals surface area contributed by atoms with Crippen LogP contribution in [-0.4, -0.2) is 20.9 Å². The van der Waals surface area contributed by atoms with E-state index in [1.165, 1.54) is 28.9 Å². The quantitative estimate of drug-likeness (QED) is 0.773. The Hall–Kier alpha value is -2.37. The van der Waals surface area contributed by atoms with Crippen LogP contribution in [0.1, 0.15) is 10.5 Å². The molecule has 17 heavy (non-hydrogen) atoms. The van der Waals surface area contributed by atoms with E-state index in [4.69, 9.17) is 10.8 Å². The molecule has 0 bridgehead atoms. The van der Waals surface area contributed by atoms with E-state index in [-0.39, 0.29) is 11.4 Å². The number of aryl methyl sites for hydroxylation is 1. The number of aromatic carboxylic acids is 1. The van der Waals surface area contributed by atoms with Crippen molar-refractivity contribution in [3.63, 3.8) is 0 Å². The molecule has 6 heteroatoms. The van der Waals surface area contributed by atoms with Crippen molar-refractivity contribution in [3.05, 3.63) is 35.8 Å². The number of hydrogen-bond donors (Lipinski definition) is 2. The van der Waals surface area contributed by atoms with Gasteiger partial charge < -0.3 is 10.8 Å². The van der Waals surface area contributed by atoms with E-state index in [1.807, 2.05) is 0 Å². The molecule has 0 aliphatic carbocycles. The van der Waals surface area contributed by atoms with Crippen LogP contribution in [0.4, 0.5) is 10.1 Å². The molecule has 0 fully saturated rings. The summed E-state index contributed by atoms with van der Waals surface area (Å²) in [5.74, 6) is -1.61. The molecule has 1 heterocycles. The normalized spacial score (nSPS) is 10.5. The Morgan fingerprint density at radius 2 is 2.18 bits per heavy atom. The minimum absolute atomic E-state index is 0.0144. The molecule has 0 unspecified atom stereocenters. The molecule has 0 aliphatic heterocycles. The summed E-state index contributed by atoms with van der Waals surface area (Å²) in [5.41, 5.74) is 6.58. The topological polar surface area (TPSA) is 81.1 Å². The van der Waals surface area contributed by atoms with Gasteiger partial charge in [0.15, 0.2) is 5.69 Å². The van der Waals surface area contributed by atoms with Crippen molar-refractivity contribution in [2.75, 3.05) is 5.73 Å². The van der Waals surface area contributed by atoms with Crippen molar-refractivity contribution in [1.29, 1.82) is 0 Å². The number of hydrogen-bond acceptors (Lipinski definition) is 3. The minimum atomic E-state index is -1.11. The van der Waals surface area contributed by atoms with E-state index in [9.17, 15) is 9.18 Å². The molecule has 88 valence electrons. The number of carboxylic acid groups (broad SMARTS) is 1. The maximum atomic E-state index is 13.0. The highest BCUT2D eigenvalue weighted by Gasteiger charge is 2.13. The molecule has 1 aromatic carbocycles. The molecule has 0 aliphatic rings. The van der Waals surface area contributed by atoms with Gasteiger partial charge in [-0.05, 0) is 24.3 Å². The third-order valence-electron chi connectivity index (χ3n) is 2.39. The van der Waals surface area contributed by atoms with Gasteiger partial charge in [0.25, 0.3) is 0 Å². The number of anilines is 1. The van der Waals surface area contributed by atoms with Crippen LogP contribution in [0.3, 0.4) is 0 Å². The van der Waals surface area contributed by atoms with E-state index in [2.05, 4.69) is 5.10 Å². The molecule has 0 radical (unpaired) electrons. The highest BCUT2D eigenvalue weighted by molar-refractivity contribution is 5.87. The van der Waals surface area contributed by atoms with Gasteiger partial charge in [-0.3, -0.25) is 4.68 Å². The molecule has 3 N–H and O–H groups in total. The van der Waals surface area contributed by atoms with E-state index >= 15 is 0 Å². The van der Waals surface area contributed by atoms with Crippen molar-refractivity contribution in [1.82, 2.24) is 9.78 Å². The Kier molecular flexibility index (Phi) is 2.55. The number of halogens is 1. The first-order valence-corrected chi connectivity index (χ1v) is 4.82. The van der Waals surface area contributed by atoms with Gasteiger partial charge in [-0.1, -0.05) is 0 Å². The summed E-state index contributed by atoms with van der Waals surface area (Å²) in [6.07, 6.45) is 0. The summed E-state index contributed by atoms with van der Waals surface area (Å²) >= 11 is 0. The standard InChI is InChI=1S/C11H10FN3O2/c1-15-10(5-9(14-15)11(16)17)6-2-3-7(12)8(13)4-6/h2-5H,13H2,1H3,(H,16,17). The highest BCUT2D eigenvalue weighted by atomic mass is 19.1. The third-order valence-corrected chi connectivity index (χ3v) is 2.39. The first-order valence-electron chi connectivity index (χ1n) is 4.82. The molecule has 0 atom stereocenters. The zero-order valence-corrected chi connectivity index (χ0v) is 9.01. The maximum Gasteiger partial charge on any atom is 0.356 e. The van der Waals surface area contributed by atoms with E-state index in [0.717, 1.165) is 0 Å². The van der Waals surface area contributed by atoms with Crippen molar-refractivity contribution in [3.8, 4) is 11.3 Å². The Bertz CT molecular complexity index is 592.